The topological polar surface area (TPSA) is 92.3 Å². The molecule has 0 aliphatic heterocycles. The van der Waals surface area contributed by atoms with E-state index in [1.165, 1.54) is 10.2 Å². The molecule has 5 aromatic rings. The second-order valence-electron chi connectivity index (χ2n) is 8.23. The van der Waals surface area contributed by atoms with Crippen LogP contribution in [-0.4, -0.2) is 34.1 Å². The highest BCUT2D eigenvalue weighted by molar-refractivity contribution is 5.93. The Labute approximate surface area is 201 Å². The second-order valence-corrected chi connectivity index (χ2v) is 8.23. The number of rotatable bonds is 6. The van der Waals surface area contributed by atoms with Crippen molar-refractivity contribution in [1.29, 1.82) is 0 Å². The monoisotopic (exact) mass is 468 g/mol. The number of benzene rings is 3. The zero-order valence-corrected chi connectivity index (χ0v) is 19.9. The maximum absolute atomic E-state index is 13.3. The summed E-state index contributed by atoms with van der Waals surface area (Å²) >= 11 is 0. The van der Waals surface area contributed by atoms with E-state index in [0.717, 1.165) is 22.2 Å². The van der Waals surface area contributed by atoms with E-state index < -0.39 is 0 Å². The van der Waals surface area contributed by atoms with E-state index in [4.69, 9.17) is 19.1 Å². The molecule has 8 heteroatoms. The summed E-state index contributed by atoms with van der Waals surface area (Å²) in [7, 11) is 3.15. The Morgan fingerprint density at radius 3 is 2.46 bits per heavy atom. The zero-order chi connectivity index (χ0) is 24.5. The molecule has 5 rings (SSSR count). The summed E-state index contributed by atoms with van der Waals surface area (Å²) < 4.78 is 17.6. The summed E-state index contributed by atoms with van der Waals surface area (Å²) in [5, 5.41) is 10.2. The third-order valence-electron chi connectivity index (χ3n) is 6.05. The van der Waals surface area contributed by atoms with Crippen molar-refractivity contribution < 1.29 is 14.0 Å². The van der Waals surface area contributed by atoms with Gasteiger partial charge in [-0.05, 0) is 49.2 Å². The van der Waals surface area contributed by atoms with Crippen LogP contribution in [0, 0.1) is 13.8 Å². The summed E-state index contributed by atoms with van der Waals surface area (Å²) in [4.78, 5) is 17.8. The third-order valence-corrected chi connectivity index (χ3v) is 6.05. The van der Waals surface area contributed by atoms with Crippen LogP contribution in [0.1, 0.15) is 17.0 Å². The fourth-order valence-electron chi connectivity index (χ4n) is 3.98. The molecular formula is C27H24N4O4. The molecule has 0 atom stereocenters. The lowest BCUT2D eigenvalue weighted by Gasteiger charge is -2.11. The lowest BCUT2D eigenvalue weighted by atomic mass is 10.0. The van der Waals surface area contributed by atoms with Crippen LogP contribution < -0.4 is 15.0 Å². The molecule has 0 saturated carbocycles. The van der Waals surface area contributed by atoms with Crippen molar-refractivity contribution in [2.24, 2.45) is 0 Å². The predicted molar refractivity (Wildman–Crippen MR) is 133 cm³/mol. The minimum atomic E-state index is -0.227. The van der Waals surface area contributed by atoms with E-state index in [2.05, 4.69) is 36.1 Å². The average molecular weight is 469 g/mol. The van der Waals surface area contributed by atoms with E-state index in [-0.39, 0.29) is 18.0 Å². The molecule has 0 amide bonds. The smallest absolute Gasteiger partial charge is 0.275 e. The maximum Gasteiger partial charge on any atom is 0.275 e. The van der Waals surface area contributed by atoms with Gasteiger partial charge in [-0.3, -0.25) is 4.79 Å². The lowest BCUT2D eigenvalue weighted by molar-refractivity contribution is 0.363. The largest absolute Gasteiger partial charge is 0.497 e. The van der Waals surface area contributed by atoms with Gasteiger partial charge < -0.3 is 14.0 Å². The number of ether oxygens (including phenoxy) is 2. The van der Waals surface area contributed by atoms with Crippen LogP contribution in [-0.2, 0) is 6.54 Å². The molecular weight excluding hydrogens is 444 g/mol. The molecule has 0 aliphatic rings. The van der Waals surface area contributed by atoms with Crippen LogP contribution in [0.3, 0.4) is 0 Å². The molecule has 0 radical (unpaired) electrons. The van der Waals surface area contributed by atoms with Gasteiger partial charge in [0, 0.05) is 17.0 Å². The summed E-state index contributed by atoms with van der Waals surface area (Å²) in [6.45, 7) is 4.16. The number of aryl methyl sites for hydroxylation is 2. The highest BCUT2D eigenvalue weighted by Gasteiger charge is 2.18. The summed E-state index contributed by atoms with van der Waals surface area (Å²) in [6, 6.07) is 19.0. The predicted octanol–water partition coefficient (Wildman–Crippen LogP) is 4.80. The summed E-state index contributed by atoms with van der Waals surface area (Å²) in [6.07, 6.45) is 0. The summed E-state index contributed by atoms with van der Waals surface area (Å²) in [5.74, 6) is 1.81. The summed E-state index contributed by atoms with van der Waals surface area (Å²) in [5.41, 5.74) is 4.43. The Kier molecular flexibility index (Phi) is 5.78. The van der Waals surface area contributed by atoms with E-state index in [9.17, 15) is 4.79 Å². The van der Waals surface area contributed by atoms with Gasteiger partial charge in [-0.2, -0.15) is 10.1 Å². The van der Waals surface area contributed by atoms with Gasteiger partial charge in [0.25, 0.3) is 5.56 Å². The van der Waals surface area contributed by atoms with Crippen molar-refractivity contribution in [3.8, 4) is 34.1 Å². The van der Waals surface area contributed by atoms with Crippen molar-refractivity contribution in [2.75, 3.05) is 14.2 Å². The van der Waals surface area contributed by atoms with Crippen LogP contribution in [0.25, 0.3) is 33.4 Å². The Balaban J connectivity index is 1.57. The second kappa shape index (κ2) is 9.06. The Hall–Kier alpha value is -4.46. The Morgan fingerprint density at radius 1 is 0.914 bits per heavy atom. The lowest BCUT2D eigenvalue weighted by Crippen LogP contribution is -2.24. The molecule has 176 valence electrons. The molecule has 0 N–H and O–H groups in total. The standard InChI is InChI=1S/C27H24N4O4/c1-16-9-10-18(13-17(16)2)25-20-7-5-6-8-21(20)27(32)31(29-25)15-24-28-26(30-35-24)22-12-11-19(33-3)14-23(22)34-4/h5-14H,15H2,1-4H3. The van der Waals surface area contributed by atoms with E-state index in [0.29, 0.717) is 28.3 Å². The first-order chi connectivity index (χ1) is 17.0. The highest BCUT2D eigenvalue weighted by Crippen LogP contribution is 2.32. The van der Waals surface area contributed by atoms with Crippen LogP contribution in [0.5, 0.6) is 11.5 Å². The van der Waals surface area contributed by atoms with Gasteiger partial charge in [-0.25, -0.2) is 4.68 Å². The average Bonchev–Trinajstić information content (AvgIpc) is 3.35. The van der Waals surface area contributed by atoms with E-state index >= 15 is 0 Å². The number of hydrogen-bond donors (Lipinski definition) is 0. The molecule has 0 bridgehead atoms. The van der Waals surface area contributed by atoms with Crippen LogP contribution in [0.2, 0.25) is 0 Å². The molecule has 0 aliphatic carbocycles. The zero-order valence-electron chi connectivity index (χ0n) is 19.9. The molecule has 0 spiro atoms. The first-order valence-corrected chi connectivity index (χ1v) is 11.1. The number of aromatic nitrogens is 4. The molecule has 0 unspecified atom stereocenters. The van der Waals surface area contributed by atoms with Gasteiger partial charge in [0.1, 0.15) is 18.0 Å². The fraction of sp³-hybridized carbons (Fsp3) is 0.185. The highest BCUT2D eigenvalue weighted by atomic mass is 16.5. The fourth-order valence-corrected chi connectivity index (χ4v) is 3.98. The van der Waals surface area contributed by atoms with Gasteiger partial charge in [0.15, 0.2) is 0 Å². The van der Waals surface area contributed by atoms with E-state index in [1.54, 1.807) is 32.4 Å². The molecule has 2 heterocycles. The first kappa shape index (κ1) is 22.3. The van der Waals surface area contributed by atoms with Gasteiger partial charge in [-0.15, -0.1) is 0 Å². The molecule has 0 fully saturated rings. The van der Waals surface area contributed by atoms with Crippen molar-refractivity contribution in [2.45, 2.75) is 20.4 Å². The van der Waals surface area contributed by atoms with E-state index in [1.807, 2.05) is 30.3 Å². The molecule has 35 heavy (non-hydrogen) atoms. The minimum Gasteiger partial charge on any atom is -0.497 e. The maximum atomic E-state index is 13.3. The van der Waals surface area contributed by atoms with Gasteiger partial charge >= 0.3 is 0 Å². The number of methoxy groups -OCH3 is 2. The molecule has 3 aromatic carbocycles. The normalized spacial score (nSPS) is 11.1. The molecule has 8 nitrogen and oxygen atoms in total. The van der Waals surface area contributed by atoms with Crippen LogP contribution in [0.4, 0.5) is 0 Å². The number of fused-ring (bicyclic) bond motifs is 1. The quantitative estimate of drug-likeness (QED) is 0.354. The van der Waals surface area contributed by atoms with Gasteiger partial charge in [0.2, 0.25) is 11.7 Å². The number of nitrogens with zero attached hydrogens (tertiary/aromatic N) is 4. The van der Waals surface area contributed by atoms with Crippen molar-refractivity contribution in [3.05, 3.63) is 88.0 Å². The molecule has 2 aromatic heterocycles. The third kappa shape index (κ3) is 4.14. The molecule has 0 saturated heterocycles. The SMILES string of the molecule is COc1ccc(-c2noc(Cn3nc(-c4ccc(C)c(C)c4)c4ccccc4c3=O)n2)c(OC)c1. The van der Waals surface area contributed by atoms with Crippen LogP contribution in [0.15, 0.2) is 70.0 Å². The van der Waals surface area contributed by atoms with Crippen molar-refractivity contribution >= 4 is 10.8 Å². The minimum absolute atomic E-state index is 0.0347. The van der Waals surface area contributed by atoms with Gasteiger partial charge in [0.05, 0.1) is 30.9 Å². The van der Waals surface area contributed by atoms with Gasteiger partial charge in [-0.1, -0.05) is 35.5 Å². The Morgan fingerprint density at radius 2 is 1.71 bits per heavy atom. The van der Waals surface area contributed by atoms with Crippen molar-refractivity contribution in [3.63, 3.8) is 0 Å². The number of hydrogen-bond acceptors (Lipinski definition) is 7. The first-order valence-electron chi connectivity index (χ1n) is 11.1. The van der Waals surface area contributed by atoms with Crippen molar-refractivity contribution in [1.82, 2.24) is 19.9 Å². The van der Waals surface area contributed by atoms with Crippen LogP contribution >= 0.6 is 0 Å². The Bertz CT molecular complexity index is 1600.